The van der Waals surface area contributed by atoms with Gasteiger partial charge in [0.2, 0.25) is 0 Å². The molecule has 4 nitrogen and oxygen atoms in total. The summed E-state index contributed by atoms with van der Waals surface area (Å²) in [7, 11) is 3.71. The molecular weight excluding hydrogens is 266 g/mol. The number of methoxy groups -OCH3 is 1. The maximum absolute atomic E-state index is 9.60. The van der Waals surface area contributed by atoms with Crippen molar-refractivity contribution in [2.24, 2.45) is 0 Å². The fraction of sp³-hybridized carbons (Fsp3) is 0.294. The third-order valence-corrected chi connectivity index (χ3v) is 3.75. The average molecular weight is 285 g/mol. The molecular formula is C17H19NO3. The van der Waals surface area contributed by atoms with Crippen LogP contribution in [-0.4, -0.2) is 31.9 Å². The predicted octanol–water partition coefficient (Wildman–Crippen LogP) is 2.84. The molecule has 1 aliphatic heterocycles. The first kappa shape index (κ1) is 13.6. The van der Waals surface area contributed by atoms with Crippen molar-refractivity contribution in [3.05, 3.63) is 48.0 Å². The molecule has 0 spiro atoms. The van der Waals surface area contributed by atoms with Crippen molar-refractivity contribution in [1.29, 1.82) is 0 Å². The molecule has 3 rings (SSSR count). The zero-order chi connectivity index (χ0) is 14.8. The summed E-state index contributed by atoms with van der Waals surface area (Å²) >= 11 is 0. The highest BCUT2D eigenvalue weighted by atomic mass is 16.5. The van der Waals surface area contributed by atoms with Gasteiger partial charge in [-0.15, -0.1) is 0 Å². The van der Waals surface area contributed by atoms with Crippen LogP contribution in [-0.2, 0) is 6.42 Å². The standard InChI is InChI=1S/C17H19NO3/c1-18-11-15(9-12-3-6-14(20-2)7-4-12)21-17-10-13(19)5-8-16(17)18/h3-8,10,15,19H,9,11H2,1-2H3. The lowest BCUT2D eigenvalue weighted by Crippen LogP contribution is -2.38. The van der Waals surface area contributed by atoms with Gasteiger partial charge >= 0.3 is 0 Å². The Hall–Kier alpha value is -2.36. The maximum atomic E-state index is 9.60. The molecule has 0 bridgehead atoms. The van der Waals surface area contributed by atoms with Crippen molar-refractivity contribution in [3.63, 3.8) is 0 Å². The molecule has 0 aromatic heterocycles. The van der Waals surface area contributed by atoms with Gasteiger partial charge in [-0.05, 0) is 29.8 Å². The summed E-state index contributed by atoms with van der Waals surface area (Å²) in [5, 5.41) is 9.60. The third-order valence-electron chi connectivity index (χ3n) is 3.75. The van der Waals surface area contributed by atoms with E-state index in [4.69, 9.17) is 9.47 Å². The van der Waals surface area contributed by atoms with Crippen LogP contribution in [0.1, 0.15) is 5.56 Å². The molecule has 2 aromatic carbocycles. The smallest absolute Gasteiger partial charge is 0.146 e. The lowest BCUT2D eigenvalue weighted by atomic mass is 10.1. The molecule has 1 atom stereocenters. The van der Waals surface area contributed by atoms with Gasteiger partial charge in [0.05, 0.1) is 19.3 Å². The molecule has 0 amide bonds. The summed E-state index contributed by atoms with van der Waals surface area (Å²) < 4.78 is 11.2. The van der Waals surface area contributed by atoms with Crippen LogP contribution in [0.25, 0.3) is 0 Å². The van der Waals surface area contributed by atoms with Crippen molar-refractivity contribution >= 4 is 5.69 Å². The van der Waals surface area contributed by atoms with E-state index in [-0.39, 0.29) is 11.9 Å². The number of aromatic hydroxyl groups is 1. The maximum Gasteiger partial charge on any atom is 0.146 e. The Balaban J connectivity index is 1.75. The van der Waals surface area contributed by atoms with Gasteiger partial charge in [0.1, 0.15) is 23.4 Å². The second-order valence-electron chi connectivity index (χ2n) is 5.32. The summed E-state index contributed by atoms with van der Waals surface area (Å²) in [6, 6.07) is 13.3. The topological polar surface area (TPSA) is 41.9 Å². The van der Waals surface area contributed by atoms with Crippen LogP contribution in [0.5, 0.6) is 17.2 Å². The molecule has 2 aromatic rings. The first-order valence-corrected chi connectivity index (χ1v) is 6.99. The fourth-order valence-corrected chi connectivity index (χ4v) is 2.66. The molecule has 0 aliphatic carbocycles. The number of phenols is 1. The van der Waals surface area contributed by atoms with E-state index in [2.05, 4.69) is 17.0 Å². The van der Waals surface area contributed by atoms with E-state index in [0.29, 0.717) is 0 Å². The number of hydrogen-bond acceptors (Lipinski definition) is 4. The fourth-order valence-electron chi connectivity index (χ4n) is 2.66. The normalized spacial score (nSPS) is 17.0. The third kappa shape index (κ3) is 2.89. The number of nitrogens with zero attached hydrogens (tertiary/aromatic N) is 1. The molecule has 1 aliphatic rings. The molecule has 0 fully saturated rings. The van der Waals surface area contributed by atoms with Crippen LogP contribution in [0, 0.1) is 0 Å². The molecule has 21 heavy (non-hydrogen) atoms. The van der Waals surface area contributed by atoms with Gasteiger partial charge < -0.3 is 19.5 Å². The number of rotatable bonds is 3. The Morgan fingerprint density at radius 3 is 2.71 bits per heavy atom. The number of hydrogen-bond donors (Lipinski definition) is 1. The molecule has 0 saturated carbocycles. The molecule has 0 radical (unpaired) electrons. The van der Waals surface area contributed by atoms with E-state index in [0.717, 1.165) is 30.2 Å². The summed E-state index contributed by atoms with van der Waals surface area (Å²) in [5.74, 6) is 1.82. The minimum Gasteiger partial charge on any atom is -0.508 e. The lowest BCUT2D eigenvalue weighted by molar-refractivity contribution is 0.195. The largest absolute Gasteiger partial charge is 0.508 e. The van der Waals surface area contributed by atoms with Gasteiger partial charge in [-0.2, -0.15) is 0 Å². The van der Waals surface area contributed by atoms with Gasteiger partial charge in [0.25, 0.3) is 0 Å². The Morgan fingerprint density at radius 1 is 1.24 bits per heavy atom. The number of phenolic OH excluding ortho intramolecular Hbond substituents is 1. The number of benzene rings is 2. The summed E-state index contributed by atoms with van der Waals surface area (Å²) in [4.78, 5) is 2.16. The number of ether oxygens (including phenoxy) is 2. The van der Waals surface area contributed by atoms with Crippen LogP contribution in [0.2, 0.25) is 0 Å². The SMILES string of the molecule is COc1ccc(CC2CN(C)c3ccc(O)cc3O2)cc1. The molecule has 0 saturated heterocycles. The minimum absolute atomic E-state index is 0.0673. The minimum atomic E-state index is 0.0673. The second kappa shape index (κ2) is 5.56. The Morgan fingerprint density at radius 2 is 2.00 bits per heavy atom. The van der Waals surface area contributed by atoms with E-state index < -0.39 is 0 Å². The quantitative estimate of drug-likeness (QED) is 0.941. The number of likely N-dealkylation sites (N-methyl/N-ethyl adjacent to an activating group) is 1. The zero-order valence-electron chi connectivity index (χ0n) is 12.2. The highest BCUT2D eigenvalue weighted by molar-refractivity contribution is 5.62. The zero-order valence-corrected chi connectivity index (χ0v) is 12.2. The number of fused-ring (bicyclic) bond motifs is 1. The van der Waals surface area contributed by atoms with Crippen molar-refractivity contribution in [2.75, 3.05) is 25.6 Å². The predicted molar refractivity (Wildman–Crippen MR) is 82.5 cm³/mol. The number of anilines is 1. The van der Waals surface area contributed by atoms with E-state index >= 15 is 0 Å². The summed E-state index contributed by atoms with van der Waals surface area (Å²) in [6.07, 6.45) is 0.890. The van der Waals surface area contributed by atoms with E-state index in [1.807, 2.05) is 25.2 Å². The van der Waals surface area contributed by atoms with Crippen molar-refractivity contribution in [2.45, 2.75) is 12.5 Å². The summed E-state index contributed by atoms with van der Waals surface area (Å²) in [6.45, 7) is 0.823. The van der Waals surface area contributed by atoms with Crippen molar-refractivity contribution in [3.8, 4) is 17.2 Å². The lowest BCUT2D eigenvalue weighted by Gasteiger charge is -2.34. The van der Waals surface area contributed by atoms with Crippen LogP contribution in [0.3, 0.4) is 0 Å². The van der Waals surface area contributed by atoms with Crippen LogP contribution >= 0.6 is 0 Å². The van der Waals surface area contributed by atoms with E-state index in [1.165, 1.54) is 5.56 Å². The molecule has 1 unspecified atom stereocenters. The Labute approximate surface area is 124 Å². The first-order chi connectivity index (χ1) is 10.2. The molecule has 1 N–H and O–H groups in total. The van der Waals surface area contributed by atoms with Gasteiger partial charge in [0, 0.05) is 19.5 Å². The Kier molecular flexibility index (Phi) is 3.60. The first-order valence-electron chi connectivity index (χ1n) is 6.99. The van der Waals surface area contributed by atoms with Crippen LogP contribution in [0.4, 0.5) is 5.69 Å². The van der Waals surface area contributed by atoms with Crippen molar-refractivity contribution < 1.29 is 14.6 Å². The van der Waals surface area contributed by atoms with E-state index in [1.54, 1.807) is 19.2 Å². The van der Waals surface area contributed by atoms with Gasteiger partial charge in [-0.3, -0.25) is 0 Å². The highest BCUT2D eigenvalue weighted by Crippen LogP contribution is 2.35. The van der Waals surface area contributed by atoms with Gasteiger partial charge in [-0.25, -0.2) is 0 Å². The van der Waals surface area contributed by atoms with Crippen LogP contribution < -0.4 is 14.4 Å². The van der Waals surface area contributed by atoms with Gasteiger partial charge in [-0.1, -0.05) is 12.1 Å². The highest BCUT2D eigenvalue weighted by Gasteiger charge is 2.23. The van der Waals surface area contributed by atoms with Gasteiger partial charge in [0.15, 0.2) is 0 Å². The Bertz CT molecular complexity index is 624. The van der Waals surface area contributed by atoms with E-state index in [9.17, 15) is 5.11 Å². The second-order valence-corrected chi connectivity index (χ2v) is 5.32. The average Bonchev–Trinajstić information content (AvgIpc) is 2.47. The van der Waals surface area contributed by atoms with Crippen LogP contribution in [0.15, 0.2) is 42.5 Å². The molecule has 110 valence electrons. The molecule has 1 heterocycles. The summed E-state index contributed by atoms with van der Waals surface area (Å²) in [5.41, 5.74) is 2.22. The monoisotopic (exact) mass is 285 g/mol. The van der Waals surface area contributed by atoms with Crippen molar-refractivity contribution in [1.82, 2.24) is 0 Å². The molecule has 4 heteroatoms.